The molecule has 0 spiro atoms. The molecule has 0 saturated heterocycles. The molecule has 132 valence electrons. The van der Waals surface area contributed by atoms with Crippen LogP contribution in [0.5, 0.6) is 0 Å². The van der Waals surface area contributed by atoms with Crippen LogP contribution in [-0.4, -0.2) is 21.8 Å². The van der Waals surface area contributed by atoms with Crippen LogP contribution in [0, 0.1) is 21.4 Å². The van der Waals surface area contributed by atoms with E-state index in [1.807, 2.05) is 26.0 Å². The number of hydrogen-bond donors (Lipinski definition) is 0. The second-order valence-electron chi connectivity index (χ2n) is 6.02. The summed E-state index contributed by atoms with van der Waals surface area (Å²) in [4.78, 5) is 24.8. The third kappa shape index (κ3) is 4.77. The number of rotatable bonds is 6. The van der Waals surface area contributed by atoms with Crippen LogP contribution in [0.25, 0.3) is 6.08 Å². The van der Waals surface area contributed by atoms with E-state index < -0.39 is 4.92 Å². The Bertz CT molecular complexity index is 865. The lowest BCUT2D eigenvalue weighted by molar-refractivity contribution is -0.385. The maximum Gasteiger partial charge on any atom is 0.276 e. The standard InChI is InChI=1S/C20H19N3O3/c1-15(2)22(14-17-9-7-16(13-21)8-10-17)20(24)12-11-18-5-3-4-6-19(18)23(25)26/h3-12,15H,14H2,1-2H3/b12-11+. The van der Waals surface area contributed by atoms with E-state index in [2.05, 4.69) is 6.07 Å². The van der Waals surface area contributed by atoms with Gasteiger partial charge >= 0.3 is 0 Å². The number of nitro benzene ring substituents is 1. The molecular weight excluding hydrogens is 330 g/mol. The molecule has 0 saturated carbocycles. The van der Waals surface area contributed by atoms with Crippen LogP contribution in [0.15, 0.2) is 54.6 Å². The average molecular weight is 349 g/mol. The number of benzene rings is 2. The van der Waals surface area contributed by atoms with Gasteiger partial charge in [0.05, 0.1) is 22.1 Å². The van der Waals surface area contributed by atoms with Crippen molar-refractivity contribution in [3.8, 4) is 6.07 Å². The van der Waals surface area contributed by atoms with Crippen molar-refractivity contribution in [2.45, 2.75) is 26.4 Å². The monoisotopic (exact) mass is 349 g/mol. The van der Waals surface area contributed by atoms with E-state index in [9.17, 15) is 14.9 Å². The molecule has 0 radical (unpaired) electrons. The van der Waals surface area contributed by atoms with Gasteiger partial charge in [-0.1, -0.05) is 24.3 Å². The fourth-order valence-electron chi connectivity index (χ4n) is 2.45. The van der Waals surface area contributed by atoms with Crippen LogP contribution in [0.3, 0.4) is 0 Å². The van der Waals surface area contributed by atoms with Crippen LogP contribution >= 0.6 is 0 Å². The maximum atomic E-state index is 12.6. The fraction of sp³-hybridized carbons (Fsp3) is 0.200. The number of carbonyl (C=O) groups is 1. The quantitative estimate of drug-likeness (QED) is 0.449. The molecular formula is C20H19N3O3. The van der Waals surface area contributed by atoms with Crippen molar-refractivity contribution in [3.05, 3.63) is 81.4 Å². The summed E-state index contributed by atoms with van der Waals surface area (Å²) < 4.78 is 0. The smallest absolute Gasteiger partial charge is 0.276 e. The predicted octanol–water partition coefficient (Wildman–Crippen LogP) is 3.92. The molecule has 6 heteroatoms. The lowest BCUT2D eigenvalue weighted by Crippen LogP contribution is -2.35. The van der Waals surface area contributed by atoms with Gasteiger partial charge in [-0.15, -0.1) is 0 Å². The number of carbonyl (C=O) groups excluding carboxylic acids is 1. The van der Waals surface area contributed by atoms with Crippen LogP contribution in [0.1, 0.15) is 30.5 Å². The minimum Gasteiger partial charge on any atom is -0.332 e. The summed E-state index contributed by atoms with van der Waals surface area (Å²) in [5.41, 5.74) is 1.81. The Balaban J connectivity index is 2.18. The molecule has 0 aliphatic rings. The largest absolute Gasteiger partial charge is 0.332 e. The summed E-state index contributed by atoms with van der Waals surface area (Å²) in [5.74, 6) is -0.234. The van der Waals surface area contributed by atoms with Gasteiger partial charge in [-0.25, -0.2) is 0 Å². The molecule has 0 heterocycles. The van der Waals surface area contributed by atoms with E-state index in [1.54, 1.807) is 35.2 Å². The van der Waals surface area contributed by atoms with Crippen LogP contribution in [0.4, 0.5) is 5.69 Å². The second-order valence-corrected chi connectivity index (χ2v) is 6.02. The predicted molar refractivity (Wildman–Crippen MR) is 99.0 cm³/mol. The summed E-state index contributed by atoms with van der Waals surface area (Å²) in [6, 6.07) is 15.3. The molecule has 6 nitrogen and oxygen atoms in total. The normalized spacial score (nSPS) is 10.7. The summed E-state index contributed by atoms with van der Waals surface area (Å²) in [6.07, 6.45) is 2.82. The van der Waals surface area contributed by atoms with E-state index >= 15 is 0 Å². The molecule has 0 unspecified atom stereocenters. The highest BCUT2D eigenvalue weighted by molar-refractivity contribution is 5.92. The lowest BCUT2D eigenvalue weighted by Gasteiger charge is -2.25. The van der Waals surface area contributed by atoms with Crippen molar-refractivity contribution >= 4 is 17.7 Å². The van der Waals surface area contributed by atoms with E-state index in [0.29, 0.717) is 17.7 Å². The van der Waals surface area contributed by atoms with Crippen LogP contribution in [0.2, 0.25) is 0 Å². The first-order valence-electron chi connectivity index (χ1n) is 8.13. The van der Waals surface area contributed by atoms with Gasteiger partial charge in [0.15, 0.2) is 0 Å². The van der Waals surface area contributed by atoms with Crippen molar-refractivity contribution in [1.29, 1.82) is 5.26 Å². The van der Waals surface area contributed by atoms with Crippen LogP contribution in [-0.2, 0) is 11.3 Å². The van der Waals surface area contributed by atoms with Crippen molar-refractivity contribution in [2.24, 2.45) is 0 Å². The molecule has 2 aromatic carbocycles. The van der Waals surface area contributed by atoms with Gasteiger partial charge in [0.1, 0.15) is 0 Å². The summed E-state index contributed by atoms with van der Waals surface area (Å²) in [7, 11) is 0. The second kappa shape index (κ2) is 8.58. The topological polar surface area (TPSA) is 87.2 Å². The Labute approximate surface area is 152 Å². The molecule has 1 amide bonds. The number of nitro groups is 1. The van der Waals surface area contributed by atoms with Gasteiger partial charge < -0.3 is 4.90 Å². The number of para-hydroxylation sites is 1. The number of nitrogens with zero attached hydrogens (tertiary/aromatic N) is 3. The fourth-order valence-corrected chi connectivity index (χ4v) is 2.45. The van der Waals surface area contributed by atoms with Gasteiger partial charge in [-0.3, -0.25) is 14.9 Å². The minimum atomic E-state index is -0.471. The molecule has 0 bridgehead atoms. The number of nitriles is 1. The molecule has 0 aliphatic heterocycles. The molecule has 0 atom stereocenters. The van der Waals surface area contributed by atoms with Gasteiger partial charge in [-0.2, -0.15) is 5.26 Å². The van der Waals surface area contributed by atoms with Gasteiger partial charge in [-0.05, 0) is 43.7 Å². The van der Waals surface area contributed by atoms with E-state index in [1.165, 1.54) is 18.2 Å². The van der Waals surface area contributed by atoms with E-state index in [4.69, 9.17) is 5.26 Å². The zero-order valence-corrected chi connectivity index (χ0v) is 14.6. The van der Waals surface area contributed by atoms with Crippen molar-refractivity contribution in [3.63, 3.8) is 0 Å². The zero-order valence-electron chi connectivity index (χ0n) is 14.6. The molecule has 2 aromatic rings. The van der Waals surface area contributed by atoms with Crippen molar-refractivity contribution in [1.82, 2.24) is 4.90 Å². The van der Waals surface area contributed by atoms with Crippen molar-refractivity contribution in [2.75, 3.05) is 0 Å². The van der Waals surface area contributed by atoms with Crippen LogP contribution < -0.4 is 0 Å². The Morgan fingerprint density at radius 2 is 1.88 bits per heavy atom. The maximum absolute atomic E-state index is 12.6. The first-order valence-corrected chi connectivity index (χ1v) is 8.13. The first kappa shape index (κ1) is 18.9. The third-order valence-electron chi connectivity index (χ3n) is 3.88. The molecule has 0 aliphatic carbocycles. The Morgan fingerprint density at radius 1 is 1.23 bits per heavy atom. The lowest BCUT2D eigenvalue weighted by atomic mass is 10.1. The van der Waals surface area contributed by atoms with Gasteiger partial charge in [0, 0.05) is 24.7 Å². The molecule has 0 aromatic heterocycles. The SMILES string of the molecule is CC(C)N(Cc1ccc(C#N)cc1)C(=O)/C=C/c1ccccc1[N+](=O)[O-]. The summed E-state index contributed by atoms with van der Waals surface area (Å²) in [5, 5.41) is 19.9. The minimum absolute atomic E-state index is 0.0419. The van der Waals surface area contributed by atoms with E-state index in [0.717, 1.165) is 5.56 Å². The Kier molecular flexibility index (Phi) is 6.23. The summed E-state index contributed by atoms with van der Waals surface area (Å²) in [6.45, 7) is 4.20. The highest BCUT2D eigenvalue weighted by atomic mass is 16.6. The highest BCUT2D eigenvalue weighted by Gasteiger charge is 2.16. The van der Waals surface area contributed by atoms with Gasteiger partial charge in [0.25, 0.3) is 5.69 Å². The zero-order chi connectivity index (χ0) is 19.1. The highest BCUT2D eigenvalue weighted by Crippen LogP contribution is 2.19. The molecule has 0 fully saturated rings. The third-order valence-corrected chi connectivity index (χ3v) is 3.88. The summed E-state index contributed by atoms with van der Waals surface area (Å²) >= 11 is 0. The first-order chi connectivity index (χ1) is 12.4. The van der Waals surface area contributed by atoms with E-state index in [-0.39, 0.29) is 17.6 Å². The number of hydrogen-bond acceptors (Lipinski definition) is 4. The molecule has 2 rings (SSSR count). The molecule has 0 N–H and O–H groups in total. The Morgan fingerprint density at radius 3 is 2.46 bits per heavy atom. The Hall–Kier alpha value is -3.46. The average Bonchev–Trinajstić information content (AvgIpc) is 2.64. The van der Waals surface area contributed by atoms with Gasteiger partial charge in [0.2, 0.25) is 5.91 Å². The molecule has 26 heavy (non-hydrogen) atoms. The van der Waals surface area contributed by atoms with Crippen molar-refractivity contribution < 1.29 is 9.72 Å². The number of amides is 1.